The summed E-state index contributed by atoms with van der Waals surface area (Å²) in [6, 6.07) is 3.68. The van der Waals surface area contributed by atoms with Gasteiger partial charge in [0.25, 0.3) is 4.84 Å². The monoisotopic (exact) mass is 219 g/mol. The first-order valence-electron chi connectivity index (χ1n) is 3.67. The van der Waals surface area contributed by atoms with E-state index in [0.717, 1.165) is 6.07 Å². The Balaban J connectivity index is 2.83. The van der Waals surface area contributed by atoms with E-state index in [4.69, 9.17) is 4.42 Å². The van der Waals surface area contributed by atoms with Crippen molar-refractivity contribution in [3.63, 3.8) is 0 Å². The molecule has 0 saturated heterocycles. The molecule has 1 N–H and O–H groups in total. The second-order valence-electron chi connectivity index (χ2n) is 2.69. The van der Waals surface area contributed by atoms with Crippen LogP contribution in [0.3, 0.4) is 0 Å². The molecule has 0 unspecified atom stereocenters. The van der Waals surface area contributed by atoms with Gasteiger partial charge in [0.05, 0.1) is 11.1 Å². The van der Waals surface area contributed by atoms with Crippen molar-refractivity contribution in [1.29, 1.82) is 0 Å². The maximum absolute atomic E-state index is 12.4. The average molecular weight is 219 g/mol. The SMILES string of the molecule is FC(F)(F)c1cccc2oc(=S)[nH]c12. The van der Waals surface area contributed by atoms with Crippen molar-refractivity contribution in [2.24, 2.45) is 0 Å². The van der Waals surface area contributed by atoms with Crippen LogP contribution in [0.4, 0.5) is 13.2 Å². The lowest BCUT2D eigenvalue weighted by atomic mass is 10.2. The van der Waals surface area contributed by atoms with Crippen molar-refractivity contribution in [2.45, 2.75) is 6.18 Å². The van der Waals surface area contributed by atoms with Gasteiger partial charge in [0, 0.05) is 0 Å². The maximum atomic E-state index is 12.4. The van der Waals surface area contributed by atoms with E-state index in [1.807, 2.05) is 0 Å². The smallest absolute Gasteiger partial charge is 0.418 e. The third-order valence-corrected chi connectivity index (χ3v) is 1.95. The number of fused-ring (bicyclic) bond motifs is 1. The van der Waals surface area contributed by atoms with Crippen LogP contribution >= 0.6 is 12.2 Å². The van der Waals surface area contributed by atoms with Crippen LogP contribution in [0.5, 0.6) is 0 Å². The lowest BCUT2D eigenvalue weighted by Gasteiger charge is -2.05. The van der Waals surface area contributed by atoms with Crippen LogP contribution in [0, 0.1) is 4.84 Å². The molecule has 0 amide bonds. The molecule has 74 valence electrons. The third-order valence-electron chi connectivity index (χ3n) is 1.76. The second-order valence-corrected chi connectivity index (χ2v) is 3.06. The summed E-state index contributed by atoms with van der Waals surface area (Å²) in [5.41, 5.74) is -0.760. The lowest BCUT2D eigenvalue weighted by Crippen LogP contribution is -2.05. The van der Waals surface area contributed by atoms with Crippen molar-refractivity contribution < 1.29 is 17.6 Å². The first kappa shape index (κ1) is 9.26. The normalized spacial score (nSPS) is 12.2. The molecule has 0 aliphatic heterocycles. The number of H-pyrrole nitrogens is 1. The molecule has 14 heavy (non-hydrogen) atoms. The molecule has 1 heterocycles. The summed E-state index contributed by atoms with van der Waals surface area (Å²) < 4.78 is 42.2. The van der Waals surface area contributed by atoms with Gasteiger partial charge in [-0.25, -0.2) is 0 Å². The van der Waals surface area contributed by atoms with Gasteiger partial charge >= 0.3 is 6.18 Å². The van der Waals surface area contributed by atoms with Gasteiger partial charge < -0.3 is 9.40 Å². The van der Waals surface area contributed by atoms with Crippen LogP contribution in [-0.4, -0.2) is 4.98 Å². The Bertz CT molecular complexity index is 525. The highest BCUT2D eigenvalue weighted by Gasteiger charge is 2.33. The average Bonchev–Trinajstić information content (AvgIpc) is 2.41. The lowest BCUT2D eigenvalue weighted by molar-refractivity contribution is -0.136. The van der Waals surface area contributed by atoms with Crippen molar-refractivity contribution in [2.75, 3.05) is 0 Å². The molecule has 6 heteroatoms. The zero-order valence-electron chi connectivity index (χ0n) is 6.68. The molecule has 0 fully saturated rings. The van der Waals surface area contributed by atoms with Crippen molar-refractivity contribution in [1.82, 2.24) is 4.98 Å². The summed E-state index contributed by atoms with van der Waals surface area (Å²) in [5, 5.41) is 0. The summed E-state index contributed by atoms with van der Waals surface area (Å²) in [7, 11) is 0. The van der Waals surface area contributed by atoms with Gasteiger partial charge in [-0.2, -0.15) is 13.2 Å². The number of hydrogen-bond acceptors (Lipinski definition) is 2. The van der Waals surface area contributed by atoms with Crippen LogP contribution in [0.1, 0.15) is 5.56 Å². The number of nitrogens with one attached hydrogen (secondary N) is 1. The van der Waals surface area contributed by atoms with Crippen LogP contribution < -0.4 is 0 Å². The fourth-order valence-electron chi connectivity index (χ4n) is 1.21. The van der Waals surface area contributed by atoms with Gasteiger partial charge in [0.2, 0.25) is 0 Å². The fraction of sp³-hybridized carbons (Fsp3) is 0.125. The van der Waals surface area contributed by atoms with Gasteiger partial charge in [-0.3, -0.25) is 0 Å². The number of aromatic amines is 1. The molecular weight excluding hydrogens is 215 g/mol. The predicted octanol–water partition coefficient (Wildman–Crippen LogP) is 3.51. The molecular formula is C8H4F3NOS. The Hall–Kier alpha value is -1.30. The summed E-state index contributed by atoms with van der Waals surface area (Å²) >= 11 is 4.61. The summed E-state index contributed by atoms with van der Waals surface area (Å²) in [6.07, 6.45) is -4.40. The largest absolute Gasteiger partial charge is 0.429 e. The summed E-state index contributed by atoms with van der Waals surface area (Å²) in [5.74, 6) is 0. The van der Waals surface area contributed by atoms with Crippen LogP contribution in [0.25, 0.3) is 11.1 Å². The number of rotatable bonds is 0. The van der Waals surface area contributed by atoms with Crippen LogP contribution in [-0.2, 0) is 6.18 Å². The molecule has 0 spiro atoms. The Labute approximate surface area is 81.3 Å². The van der Waals surface area contributed by atoms with E-state index in [0.29, 0.717) is 0 Å². The number of halogens is 3. The topological polar surface area (TPSA) is 28.9 Å². The predicted molar refractivity (Wildman–Crippen MR) is 46.4 cm³/mol. The zero-order valence-corrected chi connectivity index (χ0v) is 7.50. The summed E-state index contributed by atoms with van der Waals surface area (Å²) in [6.45, 7) is 0. The van der Waals surface area contributed by atoms with E-state index < -0.39 is 11.7 Å². The molecule has 0 aliphatic rings. The van der Waals surface area contributed by atoms with Gasteiger partial charge in [-0.15, -0.1) is 0 Å². The molecule has 0 atom stereocenters. The number of para-hydroxylation sites is 1. The van der Waals surface area contributed by atoms with E-state index in [2.05, 4.69) is 17.2 Å². The summed E-state index contributed by atoms with van der Waals surface area (Å²) in [4.78, 5) is 2.30. The number of hydrogen-bond donors (Lipinski definition) is 1. The van der Waals surface area contributed by atoms with E-state index in [9.17, 15) is 13.2 Å². The third kappa shape index (κ3) is 1.41. The van der Waals surface area contributed by atoms with E-state index in [-0.39, 0.29) is 15.9 Å². The Morgan fingerprint density at radius 2 is 2.00 bits per heavy atom. The highest BCUT2D eigenvalue weighted by Crippen LogP contribution is 2.33. The first-order valence-corrected chi connectivity index (χ1v) is 4.08. The number of oxazole rings is 1. The standard InChI is InChI=1S/C8H4F3NOS/c9-8(10,11)4-2-1-3-5-6(4)12-7(14)13-5/h1-3H,(H,12,14). The zero-order chi connectivity index (χ0) is 10.3. The molecule has 0 bridgehead atoms. The van der Waals surface area contributed by atoms with Crippen LogP contribution in [0.2, 0.25) is 0 Å². The second kappa shape index (κ2) is 2.84. The van der Waals surface area contributed by atoms with E-state index in [1.165, 1.54) is 12.1 Å². The highest BCUT2D eigenvalue weighted by atomic mass is 32.1. The van der Waals surface area contributed by atoms with Crippen molar-refractivity contribution >= 4 is 23.3 Å². The van der Waals surface area contributed by atoms with Crippen molar-refractivity contribution in [3.8, 4) is 0 Å². The minimum absolute atomic E-state index is 0.0586. The quantitative estimate of drug-likeness (QED) is 0.687. The number of benzene rings is 1. The molecule has 2 aromatic rings. The number of aromatic nitrogens is 1. The van der Waals surface area contributed by atoms with E-state index in [1.54, 1.807) is 0 Å². The van der Waals surface area contributed by atoms with Crippen LogP contribution in [0.15, 0.2) is 22.6 Å². The van der Waals surface area contributed by atoms with Gasteiger partial charge in [-0.05, 0) is 24.4 Å². The van der Waals surface area contributed by atoms with Gasteiger partial charge in [0.15, 0.2) is 5.58 Å². The molecule has 2 rings (SSSR count). The Kier molecular flexibility index (Phi) is 1.88. The van der Waals surface area contributed by atoms with Gasteiger partial charge in [0.1, 0.15) is 0 Å². The molecule has 0 radical (unpaired) electrons. The minimum atomic E-state index is -4.40. The highest BCUT2D eigenvalue weighted by molar-refractivity contribution is 7.71. The fourth-order valence-corrected chi connectivity index (χ4v) is 1.40. The van der Waals surface area contributed by atoms with E-state index >= 15 is 0 Å². The molecule has 1 aromatic heterocycles. The maximum Gasteiger partial charge on any atom is 0.418 e. The van der Waals surface area contributed by atoms with Crippen molar-refractivity contribution in [3.05, 3.63) is 28.6 Å². The Morgan fingerprint density at radius 3 is 2.64 bits per heavy atom. The van der Waals surface area contributed by atoms with Gasteiger partial charge in [-0.1, -0.05) is 6.07 Å². The number of alkyl halides is 3. The first-order chi connectivity index (χ1) is 6.48. The molecule has 0 aliphatic carbocycles. The molecule has 1 aromatic carbocycles. The minimum Gasteiger partial charge on any atom is -0.429 e. The molecule has 0 saturated carbocycles. The molecule has 2 nitrogen and oxygen atoms in total. The Morgan fingerprint density at radius 1 is 1.29 bits per heavy atom.